The van der Waals surface area contributed by atoms with Gasteiger partial charge in [0.15, 0.2) is 0 Å². The number of sulfonamides is 1. The molecule has 0 aliphatic rings. The quantitative estimate of drug-likeness (QED) is 0.724. The maximum absolute atomic E-state index is 12.9. The van der Waals surface area contributed by atoms with Crippen molar-refractivity contribution in [2.45, 2.75) is 4.90 Å². The SMILES string of the molecule is O=S(=O)(Nc1ccc(C#Cc2ccccc2)cc1)c1ccc(F)cc1. The highest BCUT2D eigenvalue weighted by Gasteiger charge is 2.13. The molecule has 0 saturated carbocycles. The zero-order chi connectivity index (χ0) is 17.7. The van der Waals surface area contributed by atoms with Crippen LogP contribution in [0.1, 0.15) is 11.1 Å². The fraction of sp³-hybridized carbons (Fsp3) is 0. The Kier molecular flexibility index (Phi) is 4.82. The first-order valence-electron chi connectivity index (χ1n) is 7.48. The number of hydrogen-bond donors (Lipinski definition) is 1. The van der Waals surface area contributed by atoms with Crippen molar-refractivity contribution in [2.75, 3.05) is 4.72 Å². The van der Waals surface area contributed by atoms with E-state index in [-0.39, 0.29) is 4.90 Å². The summed E-state index contributed by atoms with van der Waals surface area (Å²) in [6, 6.07) is 21.0. The second-order valence-electron chi connectivity index (χ2n) is 5.25. The summed E-state index contributed by atoms with van der Waals surface area (Å²) >= 11 is 0. The van der Waals surface area contributed by atoms with E-state index in [1.54, 1.807) is 24.3 Å². The summed E-state index contributed by atoms with van der Waals surface area (Å²) in [5.41, 5.74) is 2.09. The molecule has 0 aliphatic heterocycles. The molecule has 0 saturated heterocycles. The normalized spacial score (nSPS) is 10.6. The lowest BCUT2D eigenvalue weighted by Gasteiger charge is -2.08. The Morgan fingerprint density at radius 2 is 1.28 bits per heavy atom. The molecule has 3 aromatic carbocycles. The Morgan fingerprint density at radius 1 is 0.720 bits per heavy atom. The molecule has 3 rings (SSSR count). The van der Waals surface area contributed by atoms with Crippen LogP contribution >= 0.6 is 0 Å². The molecular formula is C20H14FNO2S. The van der Waals surface area contributed by atoms with Crippen LogP contribution < -0.4 is 4.72 Å². The molecule has 0 spiro atoms. The first-order chi connectivity index (χ1) is 12.0. The maximum Gasteiger partial charge on any atom is 0.261 e. The number of hydrogen-bond acceptors (Lipinski definition) is 2. The van der Waals surface area contributed by atoms with Crippen LogP contribution in [0, 0.1) is 17.7 Å². The van der Waals surface area contributed by atoms with E-state index in [4.69, 9.17) is 0 Å². The standard InChI is InChI=1S/C20H14FNO2S/c21-18-10-14-20(15-11-18)25(23,24)22-19-12-8-17(9-13-19)7-6-16-4-2-1-3-5-16/h1-5,8-15,22H. The third-order valence-electron chi connectivity index (χ3n) is 3.39. The van der Waals surface area contributed by atoms with Crippen molar-refractivity contribution >= 4 is 15.7 Å². The van der Waals surface area contributed by atoms with Gasteiger partial charge in [-0.3, -0.25) is 4.72 Å². The van der Waals surface area contributed by atoms with Crippen molar-refractivity contribution in [1.82, 2.24) is 0 Å². The minimum atomic E-state index is -3.75. The van der Waals surface area contributed by atoms with Crippen molar-refractivity contribution in [2.24, 2.45) is 0 Å². The summed E-state index contributed by atoms with van der Waals surface area (Å²) < 4.78 is 39.9. The molecule has 0 amide bonds. The molecule has 0 atom stereocenters. The Labute approximate surface area is 146 Å². The fourth-order valence-electron chi connectivity index (χ4n) is 2.12. The Hall–Kier alpha value is -3.10. The predicted octanol–water partition coefficient (Wildman–Crippen LogP) is 4.03. The molecule has 0 aromatic heterocycles. The molecule has 1 N–H and O–H groups in total. The zero-order valence-corrected chi connectivity index (χ0v) is 13.9. The van der Waals surface area contributed by atoms with Crippen LogP contribution in [0.25, 0.3) is 0 Å². The number of benzene rings is 3. The van der Waals surface area contributed by atoms with E-state index in [0.717, 1.165) is 23.3 Å². The van der Waals surface area contributed by atoms with Gasteiger partial charge in [0.1, 0.15) is 5.82 Å². The molecule has 0 unspecified atom stereocenters. The van der Waals surface area contributed by atoms with E-state index >= 15 is 0 Å². The molecule has 5 heteroatoms. The summed E-state index contributed by atoms with van der Waals surface area (Å²) in [5, 5.41) is 0. The van der Waals surface area contributed by atoms with Gasteiger partial charge in [-0.05, 0) is 60.7 Å². The lowest BCUT2D eigenvalue weighted by Crippen LogP contribution is -2.12. The van der Waals surface area contributed by atoms with Crippen molar-refractivity contribution in [3.8, 4) is 11.8 Å². The van der Waals surface area contributed by atoms with Crippen LogP contribution in [0.5, 0.6) is 0 Å². The number of anilines is 1. The van der Waals surface area contributed by atoms with E-state index in [1.165, 1.54) is 12.1 Å². The lowest BCUT2D eigenvalue weighted by molar-refractivity contribution is 0.599. The van der Waals surface area contributed by atoms with Crippen LogP contribution in [0.4, 0.5) is 10.1 Å². The van der Waals surface area contributed by atoms with Crippen LogP contribution in [0.3, 0.4) is 0 Å². The molecule has 0 heterocycles. The average Bonchev–Trinajstić information content (AvgIpc) is 2.62. The molecule has 124 valence electrons. The largest absolute Gasteiger partial charge is 0.280 e. The zero-order valence-electron chi connectivity index (χ0n) is 13.1. The second kappa shape index (κ2) is 7.20. The molecule has 3 nitrogen and oxygen atoms in total. The first kappa shape index (κ1) is 16.7. The molecule has 0 fully saturated rings. The van der Waals surface area contributed by atoms with E-state index in [0.29, 0.717) is 5.69 Å². The number of halogens is 1. The lowest BCUT2D eigenvalue weighted by atomic mass is 10.2. The first-order valence-corrected chi connectivity index (χ1v) is 8.97. The molecule has 25 heavy (non-hydrogen) atoms. The van der Waals surface area contributed by atoms with Gasteiger partial charge >= 0.3 is 0 Å². The highest BCUT2D eigenvalue weighted by atomic mass is 32.2. The monoisotopic (exact) mass is 351 g/mol. The smallest absolute Gasteiger partial charge is 0.261 e. The van der Waals surface area contributed by atoms with Crippen molar-refractivity contribution in [1.29, 1.82) is 0 Å². The predicted molar refractivity (Wildman–Crippen MR) is 96.1 cm³/mol. The van der Waals surface area contributed by atoms with E-state index in [9.17, 15) is 12.8 Å². The Morgan fingerprint density at radius 3 is 1.88 bits per heavy atom. The molecule has 0 aliphatic carbocycles. The van der Waals surface area contributed by atoms with E-state index in [2.05, 4.69) is 16.6 Å². The minimum absolute atomic E-state index is 0.00171. The van der Waals surface area contributed by atoms with Gasteiger partial charge in [0.25, 0.3) is 10.0 Å². The Balaban J connectivity index is 1.74. The minimum Gasteiger partial charge on any atom is -0.280 e. The fourth-order valence-corrected chi connectivity index (χ4v) is 3.17. The van der Waals surface area contributed by atoms with Gasteiger partial charge in [-0.1, -0.05) is 30.0 Å². The van der Waals surface area contributed by atoms with Gasteiger partial charge in [-0.2, -0.15) is 0 Å². The highest BCUT2D eigenvalue weighted by molar-refractivity contribution is 7.92. The summed E-state index contributed by atoms with van der Waals surface area (Å²) in [6.45, 7) is 0. The molecule has 3 aromatic rings. The van der Waals surface area contributed by atoms with Crippen molar-refractivity contribution in [3.63, 3.8) is 0 Å². The number of rotatable bonds is 3. The summed E-state index contributed by atoms with van der Waals surface area (Å²) in [6.07, 6.45) is 0. The van der Waals surface area contributed by atoms with Gasteiger partial charge in [-0.15, -0.1) is 0 Å². The summed E-state index contributed by atoms with van der Waals surface area (Å²) in [7, 11) is -3.75. The van der Waals surface area contributed by atoms with E-state index in [1.807, 2.05) is 30.3 Å². The molecule has 0 bridgehead atoms. The van der Waals surface area contributed by atoms with Gasteiger partial charge < -0.3 is 0 Å². The van der Waals surface area contributed by atoms with E-state index < -0.39 is 15.8 Å². The van der Waals surface area contributed by atoms with Crippen LogP contribution in [-0.2, 0) is 10.0 Å². The van der Waals surface area contributed by atoms with Crippen molar-refractivity contribution < 1.29 is 12.8 Å². The van der Waals surface area contributed by atoms with Gasteiger partial charge in [0.2, 0.25) is 0 Å². The maximum atomic E-state index is 12.9. The van der Waals surface area contributed by atoms with Crippen LogP contribution in [0.15, 0.2) is 83.8 Å². The Bertz CT molecular complexity index is 1020. The molecule has 0 radical (unpaired) electrons. The number of nitrogens with one attached hydrogen (secondary N) is 1. The average molecular weight is 351 g/mol. The third kappa shape index (κ3) is 4.46. The van der Waals surface area contributed by atoms with Crippen LogP contribution in [-0.4, -0.2) is 8.42 Å². The van der Waals surface area contributed by atoms with Crippen molar-refractivity contribution in [3.05, 3.63) is 95.8 Å². The summed E-state index contributed by atoms with van der Waals surface area (Å²) in [5.74, 6) is 5.57. The van der Waals surface area contributed by atoms with Gasteiger partial charge in [0.05, 0.1) is 4.90 Å². The van der Waals surface area contributed by atoms with Gasteiger partial charge in [0, 0.05) is 16.8 Å². The highest BCUT2D eigenvalue weighted by Crippen LogP contribution is 2.17. The third-order valence-corrected chi connectivity index (χ3v) is 4.78. The molecular weight excluding hydrogens is 337 g/mol. The second-order valence-corrected chi connectivity index (χ2v) is 6.94. The summed E-state index contributed by atoms with van der Waals surface area (Å²) in [4.78, 5) is 0.00171. The van der Waals surface area contributed by atoms with Gasteiger partial charge in [-0.25, -0.2) is 12.8 Å². The van der Waals surface area contributed by atoms with Crippen LogP contribution in [0.2, 0.25) is 0 Å². The topological polar surface area (TPSA) is 46.2 Å².